The fourth-order valence-corrected chi connectivity index (χ4v) is 1.05. The third-order valence-corrected chi connectivity index (χ3v) is 1.74. The van der Waals surface area contributed by atoms with Crippen LogP contribution in [-0.4, -0.2) is 44.3 Å². The van der Waals surface area contributed by atoms with Crippen molar-refractivity contribution in [3.63, 3.8) is 0 Å². The number of azide groups is 1. The highest BCUT2D eigenvalue weighted by Crippen LogP contribution is 1.94. The fraction of sp³-hybridized carbons (Fsp3) is 0.750. The largest absolute Gasteiger partial charge is 0.379 e. The van der Waals surface area contributed by atoms with Crippen LogP contribution in [0.1, 0.15) is 0 Å². The number of rotatable bonds is 2. The van der Waals surface area contributed by atoms with Gasteiger partial charge >= 0.3 is 0 Å². The second-order valence-corrected chi connectivity index (χ2v) is 2.63. The molecular formula is C8H12N4O. The summed E-state index contributed by atoms with van der Waals surface area (Å²) < 4.78 is 5.19. The highest BCUT2D eigenvalue weighted by molar-refractivity contribution is 5.03. The maximum Gasteiger partial charge on any atom is 0.0877 e. The van der Waals surface area contributed by atoms with Crippen LogP contribution in [0.25, 0.3) is 10.4 Å². The zero-order valence-electron chi connectivity index (χ0n) is 7.44. The van der Waals surface area contributed by atoms with E-state index in [1.807, 2.05) is 0 Å². The van der Waals surface area contributed by atoms with Crippen molar-refractivity contribution in [1.82, 2.24) is 4.90 Å². The molecule has 0 saturated carbocycles. The Morgan fingerprint density at radius 3 is 2.85 bits per heavy atom. The zero-order chi connectivity index (χ0) is 9.36. The first-order chi connectivity index (χ1) is 6.43. The minimum atomic E-state index is 0.265. The van der Waals surface area contributed by atoms with E-state index in [9.17, 15) is 0 Å². The molecule has 0 aliphatic carbocycles. The lowest BCUT2D eigenvalue weighted by atomic mass is 10.4. The van der Waals surface area contributed by atoms with E-state index in [0.29, 0.717) is 0 Å². The van der Waals surface area contributed by atoms with Crippen LogP contribution in [0.15, 0.2) is 5.11 Å². The minimum absolute atomic E-state index is 0.265. The van der Waals surface area contributed by atoms with Crippen LogP contribution in [0.3, 0.4) is 0 Å². The first-order valence-electron chi connectivity index (χ1n) is 4.20. The molecule has 0 amide bonds. The summed E-state index contributed by atoms with van der Waals surface area (Å²) in [6, 6.07) is 0. The molecule has 0 radical (unpaired) electrons. The summed E-state index contributed by atoms with van der Waals surface area (Å²) >= 11 is 0. The van der Waals surface area contributed by atoms with Crippen molar-refractivity contribution in [2.24, 2.45) is 5.11 Å². The van der Waals surface area contributed by atoms with Crippen LogP contribution in [0.4, 0.5) is 0 Å². The Bertz CT molecular complexity index is 243. The van der Waals surface area contributed by atoms with Gasteiger partial charge < -0.3 is 4.74 Å². The van der Waals surface area contributed by atoms with Crippen LogP contribution < -0.4 is 0 Å². The first kappa shape index (κ1) is 9.87. The Morgan fingerprint density at radius 2 is 2.15 bits per heavy atom. The highest BCUT2D eigenvalue weighted by Gasteiger charge is 2.07. The molecule has 1 aliphatic heterocycles. The number of hydrogen-bond acceptors (Lipinski definition) is 3. The Hall–Kier alpha value is -1.21. The molecule has 0 aromatic carbocycles. The summed E-state index contributed by atoms with van der Waals surface area (Å²) in [6.07, 6.45) is 0. The van der Waals surface area contributed by atoms with Crippen molar-refractivity contribution in [2.75, 3.05) is 39.4 Å². The van der Waals surface area contributed by atoms with Crippen molar-refractivity contribution in [1.29, 1.82) is 0 Å². The molecule has 0 atom stereocenters. The van der Waals surface area contributed by atoms with Crippen LogP contribution in [-0.2, 0) is 4.74 Å². The first-order valence-corrected chi connectivity index (χ1v) is 4.20. The van der Waals surface area contributed by atoms with Gasteiger partial charge in [-0.15, -0.1) is 0 Å². The standard InChI is InChI=1S/C8H12N4O/c9-11-10-3-1-2-4-12-5-7-13-8-6-12/h3-8H2. The van der Waals surface area contributed by atoms with Gasteiger partial charge in [0.2, 0.25) is 0 Å². The number of ether oxygens (including phenoxy) is 1. The Morgan fingerprint density at radius 1 is 1.38 bits per heavy atom. The van der Waals surface area contributed by atoms with Gasteiger partial charge in [0.15, 0.2) is 0 Å². The normalized spacial score (nSPS) is 16.9. The average molecular weight is 180 g/mol. The molecule has 1 heterocycles. The van der Waals surface area contributed by atoms with Gasteiger partial charge in [-0.25, -0.2) is 0 Å². The van der Waals surface area contributed by atoms with Gasteiger partial charge in [0.25, 0.3) is 0 Å². The molecule has 1 saturated heterocycles. The number of hydrogen-bond donors (Lipinski definition) is 0. The van der Waals surface area contributed by atoms with Gasteiger partial charge in [-0.2, -0.15) is 0 Å². The molecule has 0 bridgehead atoms. The van der Waals surface area contributed by atoms with Gasteiger partial charge in [0.1, 0.15) is 0 Å². The molecule has 13 heavy (non-hydrogen) atoms. The van der Waals surface area contributed by atoms with Gasteiger partial charge in [-0.05, 0) is 5.53 Å². The smallest absolute Gasteiger partial charge is 0.0877 e. The monoisotopic (exact) mass is 180 g/mol. The summed E-state index contributed by atoms with van der Waals surface area (Å²) in [7, 11) is 0. The van der Waals surface area contributed by atoms with Crippen LogP contribution in [0.5, 0.6) is 0 Å². The van der Waals surface area contributed by atoms with Crippen molar-refractivity contribution in [2.45, 2.75) is 0 Å². The van der Waals surface area contributed by atoms with E-state index in [-0.39, 0.29) is 6.54 Å². The van der Waals surface area contributed by atoms with E-state index in [2.05, 4.69) is 26.8 Å². The fourth-order valence-electron chi connectivity index (χ4n) is 1.05. The van der Waals surface area contributed by atoms with Crippen LogP contribution in [0.2, 0.25) is 0 Å². The average Bonchev–Trinajstić information content (AvgIpc) is 2.19. The lowest BCUT2D eigenvalue weighted by Gasteiger charge is -2.24. The molecule has 0 spiro atoms. The van der Waals surface area contributed by atoms with E-state index in [4.69, 9.17) is 10.3 Å². The third kappa shape index (κ3) is 4.38. The molecular weight excluding hydrogens is 168 g/mol. The van der Waals surface area contributed by atoms with Gasteiger partial charge in [-0.1, -0.05) is 17.0 Å². The summed E-state index contributed by atoms with van der Waals surface area (Å²) in [5.74, 6) is 5.73. The summed E-state index contributed by atoms with van der Waals surface area (Å²) in [4.78, 5) is 4.82. The van der Waals surface area contributed by atoms with E-state index < -0.39 is 0 Å². The van der Waals surface area contributed by atoms with E-state index >= 15 is 0 Å². The van der Waals surface area contributed by atoms with Crippen molar-refractivity contribution in [3.05, 3.63) is 10.4 Å². The van der Waals surface area contributed by atoms with Crippen molar-refractivity contribution in [3.8, 4) is 11.8 Å². The quantitative estimate of drug-likeness (QED) is 0.271. The van der Waals surface area contributed by atoms with Crippen molar-refractivity contribution >= 4 is 0 Å². The number of nitrogens with zero attached hydrogens (tertiary/aromatic N) is 4. The van der Waals surface area contributed by atoms with E-state index in [1.54, 1.807) is 0 Å². The predicted octanol–water partition coefficient (Wildman–Crippen LogP) is 0.632. The number of morpholine rings is 1. The zero-order valence-corrected chi connectivity index (χ0v) is 7.44. The Balaban J connectivity index is 2.14. The maximum atomic E-state index is 7.98. The SMILES string of the molecule is [N-]=[N+]=NCC#CCN1CCOCC1. The summed E-state index contributed by atoms with van der Waals surface area (Å²) in [5, 5.41) is 3.32. The van der Waals surface area contributed by atoms with Crippen molar-refractivity contribution < 1.29 is 4.74 Å². The second-order valence-electron chi connectivity index (χ2n) is 2.63. The molecule has 1 rings (SSSR count). The topological polar surface area (TPSA) is 61.2 Å². The molecule has 0 N–H and O–H groups in total. The second kappa shape index (κ2) is 6.32. The predicted molar refractivity (Wildman–Crippen MR) is 49.0 cm³/mol. The Labute approximate surface area is 77.3 Å². The van der Waals surface area contributed by atoms with Crippen LogP contribution in [0, 0.1) is 11.8 Å². The van der Waals surface area contributed by atoms with Gasteiger partial charge in [0.05, 0.1) is 26.3 Å². The molecule has 0 aromatic heterocycles. The van der Waals surface area contributed by atoms with Gasteiger partial charge in [-0.3, -0.25) is 4.90 Å². The summed E-state index contributed by atoms with van der Waals surface area (Å²) in [6.45, 7) is 4.47. The van der Waals surface area contributed by atoms with Crippen LogP contribution >= 0.6 is 0 Å². The van der Waals surface area contributed by atoms with E-state index in [0.717, 1.165) is 32.8 Å². The minimum Gasteiger partial charge on any atom is -0.379 e. The molecule has 5 nitrogen and oxygen atoms in total. The molecule has 5 heteroatoms. The highest BCUT2D eigenvalue weighted by atomic mass is 16.5. The molecule has 0 unspecified atom stereocenters. The third-order valence-electron chi connectivity index (χ3n) is 1.74. The lowest BCUT2D eigenvalue weighted by molar-refractivity contribution is 0.0443. The lowest BCUT2D eigenvalue weighted by Crippen LogP contribution is -2.36. The summed E-state index contributed by atoms with van der Waals surface area (Å²) in [5.41, 5.74) is 7.98. The maximum absolute atomic E-state index is 7.98. The molecule has 0 aromatic rings. The van der Waals surface area contributed by atoms with E-state index in [1.165, 1.54) is 0 Å². The molecule has 1 aliphatic rings. The van der Waals surface area contributed by atoms with Gasteiger partial charge in [0, 0.05) is 18.0 Å². The molecule has 70 valence electrons. The Kier molecular flexibility index (Phi) is 4.80. The molecule has 1 fully saturated rings.